The van der Waals surface area contributed by atoms with Gasteiger partial charge >= 0.3 is 0 Å². The number of methoxy groups -OCH3 is 1. The molecule has 0 N–H and O–H groups in total. The summed E-state index contributed by atoms with van der Waals surface area (Å²) in [5.74, 6) is 1.93. The van der Waals surface area contributed by atoms with Gasteiger partial charge in [-0.3, -0.25) is 9.78 Å². The van der Waals surface area contributed by atoms with E-state index in [1.807, 2.05) is 23.2 Å². The molecule has 1 amide bonds. The molecule has 0 radical (unpaired) electrons. The van der Waals surface area contributed by atoms with Crippen LogP contribution in [-0.2, 0) is 22.5 Å². The molecule has 2 aliphatic heterocycles. The zero-order chi connectivity index (χ0) is 20.9. The van der Waals surface area contributed by atoms with Gasteiger partial charge < -0.3 is 14.5 Å². The minimum Gasteiger partial charge on any atom is -0.384 e. The van der Waals surface area contributed by atoms with Gasteiger partial charge in [0.1, 0.15) is 5.82 Å². The lowest BCUT2D eigenvalue weighted by Gasteiger charge is -2.36. The number of hydrogen-bond acceptors (Lipinski definition) is 6. The van der Waals surface area contributed by atoms with Crippen LogP contribution in [-0.4, -0.2) is 52.6 Å². The van der Waals surface area contributed by atoms with E-state index < -0.39 is 0 Å². The highest BCUT2D eigenvalue weighted by Gasteiger charge is 2.32. The first-order valence-corrected chi connectivity index (χ1v) is 11.0. The maximum Gasteiger partial charge on any atom is 0.225 e. The molecule has 0 aliphatic carbocycles. The standard InChI is InChI=1S/C23H31N5O2/c1-17-19-9-7-13-27(16-18-8-3-5-12-24-18)23(19)26-22(25-17)20-10-4-6-14-28(20)21(29)11-15-30-2/h3,5,8,12,20H,4,6-7,9-11,13-16H2,1-2H3/t20-/m0/s1. The Bertz CT molecular complexity index is 873. The van der Waals surface area contributed by atoms with Crippen LogP contribution in [0.2, 0.25) is 0 Å². The van der Waals surface area contributed by atoms with Crippen molar-refractivity contribution in [3.63, 3.8) is 0 Å². The Morgan fingerprint density at radius 3 is 2.90 bits per heavy atom. The van der Waals surface area contributed by atoms with Crippen molar-refractivity contribution in [2.75, 3.05) is 31.7 Å². The second-order valence-electron chi connectivity index (χ2n) is 8.16. The third-order valence-corrected chi connectivity index (χ3v) is 6.08. The molecule has 0 bridgehead atoms. The predicted octanol–water partition coefficient (Wildman–Crippen LogP) is 3.22. The van der Waals surface area contributed by atoms with Crippen LogP contribution in [0.3, 0.4) is 0 Å². The van der Waals surface area contributed by atoms with Crippen molar-refractivity contribution in [1.82, 2.24) is 19.9 Å². The van der Waals surface area contributed by atoms with E-state index in [-0.39, 0.29) is 11.9 Å². The van der Waals surface area contributed by atoms with Crippen LogP contribution in [0.5, 0.6) is 0 Å². The number of ether oxygens (including phenoxy) is 1. The first kappa shape index (κ1) is 20.7. The van der Waals surface area contributed by atoms with Crippen molar-refractivity contribution in [3.8, 4) is 0 Å². The van der Waals surface area contributed by atoms with Gasteiger partial charge in [-0.05, 0) is 51.2 Å². The maximum atomic E-state index is 12.8. The molecule has 160 valence electrons. The minimum atomic E-state index is -0.0502. The summed E-state index contributed by atoms with van der Waals surface area (Å²) in [7, 11) is 1.63. The molecule has 0 spiro atoms. The van der Waals surface area contributed by atoms with Crippen molar-refractivity contribution in [2.45, 2.75) is 58.0 Å². The molecular weight excluding hydrogens is 378 g/mol. The van der Waals surface area contributed by atoms with Gasteiger partial charge in [-0.25, -0.2) is 9.97 Å². The monoisotopic (exact) mass is 409 g/mol. The van der Waals surface area contributed by atoms with Crippen molar-refractivity contribution in [3.05, 3.63) is 47.2 Å². The Hall–Kier alpha value is -2.54. The summed E-state index contributed by atoms with van der Waals surface area (Å²) in [6.45, 7) is 4.99. The molecule has 0 aromatic carbocycles. The lowest BCUT2D eigenvalue weighted by atomic mass is 9.99. The van der Waals surface area contributed by atoms with Crippen LogP contribution in [0.1, 0.15) is 60.9 Å². The second-order valence-corrected chi connectivity index (χ2v) is 8.16. The Balaban J connectivity index is 1.63. The number of pyridine rings is 1. The van der Waals surface area contributed by atoms with Gasteiger partial charge in [-0.15, -0.1) is 0 Å². The largest absolute Gasteiger partial charge is 0.384 e. The Morgan fingerprint density at radius 1 is 1.20 bits per heavy atom. The molecule has 2 aromatic heterocycles. The van der Waals surface area contributed by atoms with E-state index in [1.54, 1.807) is 7.11 Å². The third kappa shape index (κ3) is 4.46. The van der Waals surface area contributed by atoms with Gasteiger partial charge in [0.05, 0.1) is 31.3 Å². The number of amides is 1. The highest BCUT2D eigenvalue weighted by atomic mass is 16.5. The number of nitrogens with zero attached hydrogens (tertiary/aromatic N) is 5. The molecule has 4 rings (SSSR count). The maximum absolute atomic E-state index is 12.8. The molecular formula is C23H31N5O2. The average Bonchev–Trinajstić information content (AvgIpc) is 2.78. The fourth-order valence-electron chi connectivity index (χ4n) is 4.53. The quantitative estimate of drug-likeness (QED) is 0.730. The summed E-state index contributed by atoms with van der Waals surface area (Å²) >= 11 is 0. The summed E-state index contributed by atoms with van der Waals surface area (Å²) in [6.07, 6.45) is 7.37. The molecule has 1 saturated heterocycles. The van der Waals surface area contributed by atoms with Crippen molar-refractivity contribution in [2.24, 2.45) is 0 Å². The molecule has 7 heteroatoms. The van der Waals surface area contributed by atoms with E-state index in [2.05, 4.69) is 22.9 Å². The highest BCUT2D eigenvalue weighted by Crippen LogP contribution is 2.34. The summed E-state index contributed by atoms with van der Waals surface area (Å²) in [6, 6.07) is 5.97. The summed E-state index contributed by atoms with van der Waals surface area (Å²) in [4.78, 5) is 31.5. The third-order valence-electron chi connectivity index (χ3n) is 6.08. The zero-order valence-corrected chi connectivity index (χ0v) is 18.0. The molecule has 0 unspecified atom stereocenters. The fourth-order valence-corrected chi connectivity index (χ4v) is 4.53. The molecule has 4 heterocycles. The van der Waals surface area contributed by atoms with Crippen LogP contribution < -0.4 is 4.90 Å². The number of aryl methyl sites for hydroxylation is 1. The van der Waals surface area contributed by atoms with Crippen LogP contribution >= 0.6 is 0 Å². The lowest BCUT2D eigenvalue weighted by molar-refractivity contribution is -0.136. The van der Waals surface area contributed by atoms with Crippen LogP contribution in [0, 0.1) is 6.92 Å². The molecule has 2 aliphatic rings. The van der Waals surface area contributed by atoms with Crippen molar-refractivity contribution in [1.29, 1.82) is 0 Å². The van der Waals surface area contributed by atoms with E-state index in [0.717, 1.165) is 74.8 Å². The predicted molar refractivity (Wildman–Crippen MR) is 115 cm³/mol. The smallest absolute Gasteiger partial charge is 0.225 e. The molecule has 7 nitrogen and oxygen atoms in total. The number of piperidine rings is 1. The lowest BCUT2D eigenvalue weighted by Crippen LogP contribution is -2.40. The number of hydrogen-bond donors (Lipinski definition) is 0. The topological polar surface area (TPSA) is 71.5 Å². The molecule has 1 atom stereocenters. The zero-order valence-electron chi connectivity index (χ0n) is 18.0. The van der Waals surface area contributed by atoms with Gasteiger partial charge in [-0.2, -0.15) is 0 Å². The molecule has 1 fully saturated rings. The van der Waals surface area contributed by atoms with Gasteiger partial charge in [0.15, 0.2) is 5.82 Å². The molecule has 2 aromatic rings. The van der Waals surface area contributed by atoms with Gasteiger partial charge in [0.25, 0.3) is 0 Å². The van der Waals surface area contributed by atoms with E-state index in [1.165, 1.54) is 5.56 Å². The van der Waals surface area contributed by atoms with Gasteiger partial charge in [0, 0.05) is 37.7 Å². The van der Waals surface area contributed by atoms with Crippen molar-refractivity contribution >= 4 is 11.7 Å². The number of carbonyl (C=O) groups excluding carboxylic acids is 1. The molecule has 0 saturated carbocycles. The fraction of sp³-hybridized carbons (Fsp3) is 0.565. The minimum absolute atomic E-state index is 0.0502. The van der Waals surface area contributed by atoms with E-state index in [4.69, 9.17) is 14.7 Å². The van der Waals surface area contributed by atoms with Gasteiger partial charge in [-0.1, -0.05) is 6.07 Å². The summed E-state index contributed by atoms with van der Waals surface area (Å²) in [5.41, 5.74) is 3.31. The van der Waals surface area contributed by atoms with Crippen LogP contribution in [0.4, 0.5) is 5.82 Å². The molecule has 30 heavy (non-hydrogen) atoms. The number of rotatable bonds is 6. The first-order valence-electron chi connectivity index (χ1n) is 11.0. The average molecular weight is 410 g/mol. The highest BCUT2D eigenvalue weighted by molar-refractivity contribution is 5.76. The van der Waals surface area contributed by atoms with Crippen LogP contribution in [0.15, 0.2) is 24.4 Å². The summed E-state index contributed by atoms with van der Waals surface area (Å²) in [5, 5.41) is 0. The number of fused-ring (bicyclic) bond motifs is 1. The number of carbonyl (C=O) groups is 1. The number of anilines is 1. The summed E-state index contributed by atoms with van der Waals surface area (Å²) < 4.78 is 5.12. The first-order chi connectivity index (χ1) is 14.7. The number of aromatic nitrogens is 3. The Morgan fingerprint density at radius 2 is 2.10 bits per heavy atom. The van der Waals surface area contributed by atoms with Crippen LogP contribution in [0.25, 0.3) is 0 Å². The van der Waals surface area contributed by atoms with Gasteiger partial charge in [0.2, 0.25) is 5.91 Å². The van der Waals surface area contributed by atoms with E-state index in [0.29, 0.717) is 13.0 Å². The normalized spacial score (nSPS) is 18.9. The van der Waals surface area contributed by atoms with E-state index in [9.17, 15) is 4.79 Å². The SMILES string of the molecule is COCCC(=O)N1CCCC[C@H]1c1nc(C)c2c(n1)N(Cc1ccccn1)CCC2. The Labute approximate surface area is 178 Å². The van der Waals surface area contributed by atoms with Crippen molar-refractivity contribution < 1.29 is 9.53 Å². The van der Waals surface area contributed by atoms with E-state index >= 15 is 0 Å². The second kappa shape index (κ2) is 9.51. The Kier molecular flexibility index (Phi) is 6.57. The number of likely N-dealkylation sites (tertiary alicyclic amines) is 1.